The van der Waals surface area contributed by atoms with Crippen molar-refractivity contribution in [3.63, 3.8) is 0 Å². The molecule has 0 aliphatic rings. The molecule has 0 heterocycles. The Morgan fingerprint density at radius 3 is 2.41 bits per heavy atom. The van der Waals surface area contributed by atoms with E-state index in [9.17, 15) is 9.90 Å². The van der Waals surface area contributed by atoms with Crippen LogP contribution in [0.25, 0.3) is 5.76 Å². The van der Waals surface area contributed by atoms with Gasteiger partial charge in [-0.05, 0) is 43.5 Å². The van der Waals surface area contributed by atoms with Crippen molar-refractivity contribution in [1.29, 1.82) is 0 Å². The number of allylic oxidation sites excluding steroid dienone is 1. The third-order valence-corrected chi connectivity index (χ3v) is 4.62. The normalized spacial score (nSPS) is 11.4. The van der Waals surface area contributed by atoms with Crippen LogP contribution in [0.3, 0.4) is 0 Å². The number of aliphatic hydroxyl groups excluding tert-OH is 1. The molecule has 0 fully saturated rings. The lowest BCUT2D eigenvalue weighted by atomic mass is 10.0. The number of aliphatic hydroxyl groups is 1. The van der Waals surface area contributed by atoms with Crippen molar-refractivity contribution >= 4 is 17.9 Å². The molecule has 0 spiro atoms. The van der Waals surface area contributed by atoms with E-state index in [2.05, 4.69) is 12.2 Å². The first-order valence-corrected chi connectivity index (χ1v) is 9.67. The molecule has 2 aromatic carbocycles. The van der Waals surface area contributed by atoms with E-state index in [1.54, 1.807) is 31.4 Å². The molecule has 29 heavy (non-hydrogen) atoms. The molecule has 0 atom stereocenters. The Bertz CT molecular complexity index is 860. The second-order valence-corrected chi connectivity index (χ2v) is 6.65. The number of rotatable bonds is 11. The summed E-state index contributed by atoms with van der Waals surface area (Å²) in [6.07, 6.45) is 4.49. The largest absolute Gasteiger partial charge is 0.507 e. The van der Waals surface area contributed by atoms with E-state index >= 15 is 0 Å². The molecule has 0 bridgehead atoms. The van der Waals surface area contributed by atoms with Crippen LogP contribution in [-0.2, 0) is 4.79 Å². The van der Waals surface area contributed by atoms with Crippen molar-refractivity contribution in [3.05, 3.63) is 47.5 Å². The van der Waals surface area contributed by atoms with Crippen molar-refractivity contribution in [2.24, 2.45) is 0 Å². The highest BCUT2D eigenvalue weighted by atomic mass is 16.5. The first-order valence-electron chi connectivity index (χ1n) is 9.67. The van der Waals surface area contributed by atoms with Gasteiger partial charge in [-0.3, -0.25) is 4.79 Å². The molecular formula is C23H29NO5. The summed E-state index contributed by atoms with van der Waals surface area (Å²) < 4.78 is 16.8. The molecule has 2 N–H and O–H groups in total. The predicted octanol–water partition coefficient (Wildman–Crippen LogP) is 5.93. The fourth-order valence-electron chi connectivity index (χ4n) is 2.99. The van der Waals surface area contributed by atoms with Crippen molar-refractivity contribution < 1.29 is 24.1 Å². The van der Waals surface area contributed by atoms with Gasteiger partial charge < -0.3 is 24.6 Å². The number of hydrogen-bond acceptors (Lipinski definition) is 5. The molecule has 0 unspecified atom stereocenters. The van der Waals surface area contributed by atoms with Gasteiger partial charge in [-0.1, -0.05) is 31.9 Å². The lowest BCUT2D eigenvalue weighted by Gasteiger charge is -2.18. The number of ether oxygens (including phenoxy) is 3. The molecule has 0 aliphatic carbocycles. The van der Waals surface area contributed by atoms with Gasteiger partial charge in [-0.15, -0.1) is 0 Å². The second-order valence-electron chi connectivity index (χ2n) is 6.65. The maximum atomic E-state index is 11.3. The summed E-state index contributed by atoms with van der Waals surface area (Å²) in [7, 11) is 3.09. The summed E-state index contributed by atoms with van der Waals surface area (Å²) in [5.74, 6) is 1.96. The number of benzene rings is 2. The highest BCUT2D eigenvalue weighted by Gasteiger charge is 2.19. The number of nitrogens with one attached hydrogen (secondary N) is 1. The minimum atomic E-state index is 0.106. The first-order chi connectivity index (χ1) is 14.0. The second kappa shape index (κ2) is 11.0. The van der Waals surface area contributed by atoms with Crippen LogP contribution < -0.4 is 19.5 Å². The minimum absolute atomic E-state index is 0.106. The fourth-order valence-corrected chi connectivity index (χ4v) is 2.99. The number of methoxy groups -OCH3 is 2. The van der Waals surface area contributed by atoms with Crippen LogP contribution in [0, 0.1) is 0 Å². The molecule has 6 nitrogen and oxygen atoms in total. The molecule has 6 heteroatoms. The Kier molecular flexibility index (Phi) is 8.40. The van der Waals surface area contributed by atoms with Gasteiger partial charge in [0.25, 0.3) is 0 Å². The number of hydrogen-bond donors (Lipinski definition) is 2. The third kappa shape index (κ3) is 5.67. The van der Waals surface area contributed by atoms with Gasteiger partial charge in [0, 0.05) is 11.6 Å². The molecule has 0 saturated heterocycles. The zero-order valence-corrected chi connectivity index (χ0v) is 17.5. The molecule has 1 amide bonds. The lowest BCUT2D eigenvalue weighted by molar-refractivity contribution is -0.105. The fraction of sp³-hybridized carbons (Fsp3) is 0.348. The zero-order chi connectivity index (χ0) is 21.2. The average molecular weight is 399 g/mol. The summed E-state index contributed by atoms with van der Waals surface area (Å²) >= 11 is 0. The van der Waals surface area contributed by atoms with Crippen molar-refractivity contribution in [1.82, 2.24) is 0 Å². The monoisotopic (exact) mass is 399 g/mol. The maximum absolute atomic E-state index is 11.3. The maximum Gasteiger partial charge on any atom is 0.211 e. The van der Waals surface area contributed by atoms with Crippen LogP contribution in [0.2, 0.25) is 0 Å². The zero-order valence-electron chi connectivity index (χ0n) is 17.5. The Morgan fingerprint density at radius 1 is 1.07 bits per heavy atom. The van der Waals surface area contributed by atoms with Gasteiger partial charge in [0.1, 0.15) is 11.5 Å². The summed E-state index contributed by atoms with van der Waals surface area (Å²) in [6.45, 7) is 4.02. The van der Waals surface area contributed by atoms with Crippen LogP contribution in [0.15, 0.2) is 42.0 Å². The van der Waals surface area contributed by atoms with Crippen molar-refractivity contribution in [3.8, 4) is 23.0 Å². The van der Waals surface area contributed by atoms with E-state index < -0.39 is 0 Å². The quantitative estimate of drug-likeness (QED) is 0.278. The van der Waals surface area contributed by atoms with Crippen LogP contribution >= 0.6 is 0 Å². The van der Waals surface area contributed by atoms with E-state index in [0.29, 0.717) is 40.7 Å². The smallest absolute Gasteiger partial charge is 0.211 e. The van der Waals surface area contributed by atoms with Crippen molar-refractivity contribution in [2.75, 3.05) is 19.5 Å². The number of carbonyl (C=O) groups excluding carboxylic acids is 1. The van der Waals surface area contributed by atoms with E-state index in [1.807, 2.05) is 19.1 Å². The van der Waals surface area contributed by atoms with Crippen LogP contribution in [0.4, 0.5) is 5.69 Å². The van der Waals surface area contributed by atoms with Gasteiger partial charge in [0.05, 0.1) is 19.9 Å². The number of anilines is 1. The molecule has 2 aromatic rings. The Balaban J connectivity index is 2.55. The molecule has 2 rings (SSSR count). The molecule has 0 aromatic heterocycles. The van der Waals surface area contributed by atoms with Gasteiger partial charge >= 0.3 is 0 Å². The van der Waals surface area contributed by atoms with Crippen LogP contribution in [-0.4, -0.2) is 25.7 Å². The SMILES string of the molecule is CCCCC/C(C)=C(\O)c1cc(OC)cc(Oc2ccccc2OC)c1NC=O. The number of para-hydroxylation sites is 2. The Labute approximate surface area is 172 Å². The summed E-state index contributed by atoms with van der Waals surface area (Å²) in [6, 6.07) is 10.5. The van der Waals surface area contributed by atoms with Gasteiger partial charge in [0.2, 0.25) is 6.41 Å². The molecule has 0 radical (unpaired) electrons. The standard InChI is InChI=1S/C23H29NO5/c1-5-6-7-10-16(2)23(26)18-13-17(27-3)14-21(22(18)24-15-25)29-20-12-9-8-11-19(20)28-4/h8-9,11-15,26H,5-7,10H2,1-4H3,(H,24,25)/b23-16-. The van der Waals surface area contributed by atoms with E-state index in [1.165, 1.54) is 7.11 Å². The average Bonchev–Trinajstić information content (AvgIpc) is 2.74. The summed E-state index contributed by atoms with van der Waals surface area (Å²) in [5, 5.41) is 13.6. The van der Waals surface area contributed by atoms with Gasteiger partial charge in [-0.25, -0.2) is 0 Å². The van der Waals surface area contributed by atoms with Gasteiger partial charge in [0.15, 0.2) is 17.2 Å². The van der Waals surface area contributed by atoms with E-state index in [4.69, 9.17) is 14.2 Å². The van der Waals surface area contributed by atoms with Crippen molar-refractivity contribution in [2.45, 2.75) is 39.5 Å². The Hall–Kier alpha value is -3.15. The number of amides is 1. The molecule has 156 valence electrons. The first kappa shape index (κ1) is 22.1. The molecule has 0 aliphatic heterocycles. The number of carbonyl (C=O) groups is 1. The summed E-state index contributed by atoms with van der Waals surface area (Å²) in [4.78, 5) is 11.3. The third-order valence-electron chi connectivity index (χ3n) is 4.62. The Morgan fingerprint density at radius 2 is 1.79 bits per heavy atom. The highest BCUT2D eigenvalue weighted by molar-refractivity contribution is 5.86. The topological polar surface area (TPSA) is 77.0 Å². The van der Waals surface area contributed by atoms with Gasteiger partial charge in [-0.2, -0.15) is 0 Å². The molecule has 0 saturated carbocycles. The highest BCUT2D eigenvalue weighted by Crippen LogP contribution is 2.42. The van der Waals surface area contributed by atoms with Crippen LogP contribution in [0.5, 0.6) is 23.0 Å². The van der Waals surface area contributed by atoms with E-state index in [-0.39, 0.29) is 5.76 Å². The molecular weight excluding hydrogens is 370 g/mol. The number of unbranched alkanes of at least 4 members (excludes halogenated alkanes) is 2. The minimum Gasteiger partial charge on any atom is -0.507 e. The lowest BCUT2D eigenvalue weighted by Crippen LogP contribution is -2.04. The van der Waals surface area contributed by atoms with E-state index in [0.717, 1.165) is 31.3 Å². The predicted molar refractivity (Wildman–Crippen MR) is 115 cm³/mol. The van der Waals surface area contributed by atoms with Crippen LogP contribution in [0.1, 0.15) is 45.1 Å². The summed E-state index contributed by atoms with van der Waals surface area (Å²) in [5.41, 5.74) is 1.64.